The highest BCUT2D eigenvalue weighted by molar-refractivity contribution is 5.95. The number of hydrogen-bond donors (Lipinski definition) is 0. The van der Waals surface area contributed by atoms with E-state index < -0.39 is 0 Å². The molecule has 1 heterocycles. The van der Waals surface area contributed by atoms with E-state index in [0.717, 1.165) is 24.9 Å². The Morgan fingerprint density at radius 3 is 2.25 bits per heavy atom. The summed E-state index contributed by atoms with van der Waals surface area (Å²) in [7, 11) is 0. The number of carbonyl (C=O) groups is 1. The number of benzene rings is 2. The third-order valence-electron chi connectivity index (χ3n) is 3.58. The third-order valence-corrected chi connectivity index (χ3v) is 3.58. The average molecular weight is 263 g/mol. The van der Waals surface area contributed by atoms with Gasteiger partial charge in [-0.15, -0.1) is 0 Å². The number of amides is 1. The van der Waals surface area contributed by atoms with Crippen molar-refractivity contribution in [2.75, 3.05) is 6.54 Å². The van der Waals surface area contributed by atoms with Crippen LogP contribution in [-0.4, -0.2) is 17.4 Å². The summed E-state index contributed by atoms with van der Waals surface area (Å²) in [5, 5.41) is 0. The number of allylic oxidation sites excluding steroid dienone is 1. The predicted molar refractivity (Wildman–Crippen MR) is 81.1 cm³/mol. The summed E-state index contributed by atoms with van der Waals surface area (Å²) in [5.41, 5.74) is 3.19. The zero-order valence-corrected chi connectivity index (χ0v) is 11.3. The van der Waals surface area contributed by atoms with Crippen LogP contribution in [0.3, 0.4) is 0 Å². The van der Waals surface area contributed by atoms with Gasteiger partial charge in [0.05, 0.1) is 0 Å². The molecule has 0 aliphatic carbocycles. The van der Waals surface area contributed by atoms with E-state index in [4.69, 9.17) is 0 Å². The van der Waals surface area contributed by atoms with Crippen LogP contribution in [0.5, 0.6) is 0 Å². The minimum absolute atomic E-state index is 0.0822. The molecule has 0 atom stereocenters. The van der Waals surface area contributed by atoms with Crippen LogP contribution in [0.2, 0.25) is 0 Å². The van der Waals surface area contributed by atoms with Crippen LogP contribution >= 0.6 is 0 Å². The van der Waals surface area contributed by atoms with E-state index >= 15 is 0 Å². The predicted octanol–water partition coefficient (Wildman–Crippen LogP) is 3.96. The Morgan fingerprint density at radius 1 is 0.900 bits per heavy atom. The molecule has 2 nitrogen and oxygen atoms in total. The van der Waals surface area contributed by atoms with Crippen molar-refractivity contribution in [3.05, 3.63) is 78.0 Å². The number of nitrogens with zero attached hydrogens (tertiary/aromatic N) is 1. The van der Waals surface area contributed by atoms with E-state index in [2.05, 4.69) is 12.1 Å². The van der Waals surface area contributed by atoms with Crippen molar-refractivity contribution in [1.29, 1.82) is 0 Å². The van der Waals surface area contributed by atoms with Gasteiger partial charge in [0, 0.05) is 18.3 Å². The van der Waals surface area contributed by atoms with E-state index in [1.807, 2.05) is 59.6 Å². The SMILES string of the molecule is O=C(c1ccccc1)N1C=C(c2ccccc2)CCC1. The Bertz CT molecular complexity index is 616. The molecule has 0 saturated carbocycles. The van der Waals surface area contributed by atoms with Crippen molar-refractivity contribution in [2.24, 2.45) is 0 Å². The summed E-state index contributed by atoms with van der Waals surface area (Å²) in [4.78, 5) is 14.3. The first-order chi connectivity index (χ1) is 9.84. The van der Waals surface area contributed by atoms with Crippen LogP contribution in [0, 0.1) is 0 Å². The summed E-state index contributed by atoms with van der Waals surface area (Å²) in [6.45, 7) is 0.796. The normalized spacial score (nSPS) is 14.8. The zero-order chi connectivity index (χ0) is 13.8. The molecule has 0 N–H and O–H groups in total. The maximum Gasteiger partial charge on any atom is 0.257 e. The fourth-order valence-corrected chi connectivity index (χ4v) is 2.53. The van der Waals surface area contributed by atoms with Gasteiger partial charge in [0.15, 0.2) is 0 Å². The molecular formula is C18H17NO. The number of rotatable bonds is 2. The number of hydrogen-bond acceptors (Lipinski definition) is 1. The summed E-state index contributed by atoms with van der Waals surface area (Å²) >= 11 is 0. The lowest BCUT2D eigenvalue weighted by Crippen LogP contribution is -2.29. The molecule has 1 aliphatic rings. The number of carbonyl (C=O) groups excluding carboxylic acids is 1. The Balaban J connectivity index is 1.86. The molecule has 0 bridgehead atoms. The van der Waals surface area contributed by atoms with Crippen LogP contribution in [0.15, 0.2) is 66.9 Å². The molecule has 0 saturated heterocycles. The standard InChI is InChI=1S/C18H17NO/c20-18(16-10-5-2-6-11-16)19-13-7-12-17(14-19)15-8-3-1-4-9-15/h1-6,8-11,14H,7,12-13H2. The second-order valence-electron chi connectivity index (χ2n) is 4.99. The smallest absolute Gasteiger partial charge is 0.257 e. The highest BCUT2D eigenvalue weighted by Crippen LogP contribution is 2.25. The molecule has 1 amide bonds. The quantitative estimate of drug-likeness (QED) is 0.803. The molecule has 3 rings (SSSR count). The fraction of sp³-hybridized carbons (Fsp3) is 0.167. The van der Waals surface area contributed by atoms with Crippen LogP contribution in [-0.2, 0) is 0 Å². The molecule has 1 aliphatic heterocycles. The van der Waals surface area contributed by atoms with Crippen LogP contribution < -0.4 is 0 Å². The summed E-state index contributed by atoms with van der Waals surface area (Å²) in [6, 6.07) is 19.8. The highest BCUT2D eigenvalue weighted by atomic mass is 16.2. The molecule has 0 spiro atoms. The fourth-order valence-electron chi connectivity index (χ4n) is 2.53. The van der Waals surface area contributed by atoms with Gasteiger partial charge < -0.3 is 4.90 Å². The molecule has 100 valence electrons. The van der Waals surface area contributed by atoms with Gasteiger partial charge in [-0.05, 0) is 36.1 Å². The van der Waals surface area contributed by atoms with Crippen molar-refractivity contribution in [3.63, 3.8) is 0 Å². The van der Waals surface area contributed by atoms with Gasteiger partial charge >= 0.3 is 0 Å². The van der Waals surface area contributed by atoms with Crippen LogP contribution in [0.25, 0.3) is 5.57 Å². The van der Waals surface area contributed by atoms with Gasteiger partial charge in [0.1, 0.15) is 0 Å². The minimum Gasteiger partial charge on any atom is -0.315 e. The van der Waals surface area contributed by atoms with E-state index in [1.165, 1.54) is 11.1 Å². The topological polar surface area (TPSA) is 20.3 Å². The Hall–Kier alpha value is -2.35. The molecule has 0 fully saturated rings. The Morgan fingerprint density at radius 2 is 1.55 bits per heavy atom. The van der Waals surface area contributed by atoms with Crippen LogP contribution in [0.4, 0.5) is 0 Å². The molecule has 0 radical (unpaired) electrons. The lowest BCUT2D eigenvalue weighted by molar-refractivity contribution is 0.0817. The second-order valence-corrected chi connectivity index (χ2v) is 4.99. The lowest BCUT2D eigenvalue weighted by atomic mass is 9.99. The monoisotopic (exact) mass is 263 g/mol. The zero-order valence-electron chi connectivity index (χ0n) is 11.3. The van der Waals surface area contributed by atoms with Gasteiger partial charge in [-0.2, -0.15) is 0 Å². The largest absolute Gasteiger partial charge is 0.315 e. The van der Waals surface area contributed by atoms with E-state index in [1.54, 1.807) is 0 Å². The Kier molecular flexibility index (Phi) is 3.64. The summed E-state index contributed by atoms with van der Waals surface area (Å²) in [5.74, 6) is 0.0822. The van der Waals surface area contributed by atoms with Gasteiger partial charge in [-0.3, -0.25) is 4.79 Å². The third kappa shape index (κ3) is 2.64. The lowest BCUT2D eigenvalue weighted by Gasteiger charge is -2.25. The van der Waals surface area contributed by atoms with Crippen molar-refractivity contribution in [1.82, 2.24) is 4.90 Å². The molecule has 2 aromatic rings. The average Bonchev–Trinajstić information content (AvgIpc) is 2.56. The summed E-state index contributed by atoms with van der Waals surface area (Å²) < 4.78 is 0. The van der Waals surface area contributed by atoms with Crippen molar-refractivity contribution < 1.29 is 4.79 Å². The molecule has 2 heteroatoms. The van der Waals surface area contributed by atoms with Crippen molar-refractivity contribution in [2.45, 2.75) is 12.8 Å². The maximum absolute atomic E-state index is 12.5. The summed E-state index contributed by atoms with van der Waals surface area (Å²) in [6.07, 6.45) is 4.05. The Labute approximate surface area is 119 Å². The second kappa shape index (κ2) is 5.74. The highest BCUT2D eigenvalue weighted by Gasteiger charge is 2.18. The van der Waals surface area contributed by atoms with Crippen molar-refractivity contribution in [3.8, 4) is 0 Å². The van der Waals surface area contributed by atoms with E-state index in [0.29, 0.717) is 0 Å². The van der Waals surface area contributed by atoms with Gasteiger partial charge in [-0.1, -0.05) is 48.5 Å². The maximum atomic E-state index is 12.5. The van der Waals surface area contributed by atoms with Gasteiger partial charge in [0.2, 0.25) is 0 Å². The molecule has 2 aromatic carbocycles. The molecule has 20 heavy (non-hydrogen) atoms. The first-order valence-corrected chi connectivity index (χ1v) is 6.97. The van der Waals surface area contributed by atoms with Crippen molar-refractivity contribution >= 4 is 11.5 Å². The first-order valence-electron chi connectivity index (χ1n) is 6.97. The molecule has 0 unspecified atom stereocenters. The first kappa shape index (κ1) is 12.7. The van der Waals surface area contributed by atoms with E-state index in [9.17, 15) is 4.79 Å². The minimum atomic E-state index is 0.0822. The van der Waals surface area contributed by atoms with Gasteiger partial charge in [0.25, 0.3) is 5.91 Å². The van der Waals surface area contributed by atoms with Gasteiger partial charge in [-0.25, -0.2) is 0 Å². The van der Waals surface area contributed by atoms with E-state index in [-0.39, 0.29) is 5.91 Å². The van der Waals surface area contributed by atoms with Crippen LogP contribution in [0.1, 0.15) is 28.8 Å². The molecule has 0 aromatic heterocycles. The molecular weight excluding hydrogens is 246 g/mol.